The lowest BCUT2D eigenvalue weighted by Gasteiger charge is -2.34. The van der Waals surface area contributed by atoms with Crippen LogP contribution in [-0.2, 0) is 14.4 Å². The fourth-order valence-electron chi connectivity index (χ4n) is 5.26. The van der Waals surface area contributed by atoms with Gasteiger partial charge in [0.1, 0.15) is 18.4 Å². The second-order valence-corrected chi connectivity index (χ2v) is 9.30. The second kappa shape index (κ2) is 8.96. The Kier molecular flexibility index (Phi) is 6.23. The van der Waals surface area contributed by atoms with E-state index in [0.717, 1.165) is 23.0 Å². The monoisotopic (exact) mass is 456 g/mol. The third-order valence-electron chi connectivity index (χ3n) is 6.80. The van der Waals surface area contributed by atoms with Crippen molar-refractivity contribution in [2.45, 2.75) is 58.2 Å². The number of hydrogen-bond acceptors (Lipinski definition) is 5. The average Bonchev–Trinajstić information content (AvgIpc) is 3.21. The summed E-state index contributed by atoms with van der Waals surface area (Å²) in [5.41, 5.74) is 0. The number of aliphatic carboxylic acids is 1. The first-order chi connectivity index (χ1) is 15.7. The van der Waals surface area contributed by atoms with Gasteiger partial charge in [0.05, 0.1) is 6.04 Å². The molecule has 2 amide bonds. The van der Waals surface area contributed by atoms with Crippen molar-refractivity contribution in [1.82, 2.24) is 14.4 Å². The maximum atomic E-state index is 13.2. The molecule has 2 N–H and O–H groups in total. The van der Waals surface area contributed by atoms with Crippen LogP contribution in [0.5, 0.6) is 5.88 Å². The molecule has 1 aromatic carbocycles. The summed E-state index contributed by atoms with van der Waals surface area (Å²) in [6, 6.07) is 6.94. The van der Waals surface area contributed by atoms with Crippen molar-refractivity contribution in [1.29, 1.82) is 0 Å². The zero-order valence-electron chi connectivity index (χ0n) is 19.4. The Hall–Kier alpha value is -3.23. The van der Waals surface area contributed by atoms with Gasteiger partial charge in [0.15, 0.2) is 0 Å². The summed E-state index contributed by atoms with van der Waals surface area (Å²) in [5, 5.41) is 22.0. The highest BCUT2D eigenvalue weighted by atomic mass is 16.4. The molecule has 2 aliphatic rings. The topological polar surface area (TPSA) is 106 Å². The normalized spacial score (nSPS) is 20.9. The number of carbonyl (C=O) groups excluding carboxylic acids is 2. The van der Waals surface area contributed by atoms with Gasteiger partial charge in [-0.3, -0.25) is 19.0 Å². The Bertz CT molecular complexity index is 1080. The Morgan fingerprint density at radius 2 is 1.88 bits per heavy atom. The van der Waals surface area contributed by atoms with Crippen LogP contribution in [0.15, 0.2) is 24.3 Å². The molecule has 2 atom stereocenters. The molecule has 1 aromatic heterocycles. The summed E-state index contributed by atoms with van der Waals surface area (Å²) >= 11 is 0. The number of likely N-dealkylation sites (tertiary alicyclic amines) is 1. The van der Waals surface area contributed by atoms with Crippen molar-refractivity contribution in [2.75, 3.05) is 31.1 Å². The molecule has 2 aromatic rings. The van der Waals surface area contributed by atoms with Gasteiger partial charge in [-0.1, -0.05) is 18.2 Å². The van der Waals surface area contributed by atoms with E-state index in [9.17, 15) is 24.6 Å². The highest BCUT2D eigenvalue weighted by molar-refractivity contribution is 5.99. The molecule has 0 radical (unpaired) electrons. The number of carbonyl (C=O) groups is 3. The molecule has 33 heavy (non-hydrogen) atoms. The van der Waals surface area contributed by atoms with Crippen molar-refractivity contribution in [2.24, 2.45) is 0 Å². The predicted octanol–water partition coefficient (Wildman–Crippen LogP) is 2.43. The van der Waals surface area contributed by atoms with E-state index in [1.807, 2.05) is 28.8 Å². The van der Waals surface area contributed by atoms with Crippen molar-refractivity contribution in [3.63, 3.8) is 0 Å². The quantitative estimate of drug-likeness (QED) is 0.692. The molecule has 0 saturated carbocycles. The van der Waals surface area contributed by atoms with Gasteiger partial charge in [0.2, 0.25) is 17.7 Å². The van der Waals surface area contributed by atoms with Gasteiger partial charge in [-0.2, -0.15) is 0 Å². The van der Waals surface area contributed by atoms with Gasteiger partial charge in [-0.15, -0.1) is 0 Å². The summed E-state index contributed by atoms with van der Waals surface area (Å²) in [6.45, 7) is 6.51. The van der Waals surface area contributed by atoms with Crippen LogP contribution in [0.4, 0.5) is 5.82 Å². The summed E-state index contributed by atoms with van der Waals surface area (Å²) in [5.74, 6) is -0.518. The average molecular weight is 457 g/mol. The van der Waals surface area contributed by atoms with E-state index in [4.69, 9.17) is 0 Å². The molecule has 0 spiro atoms. The number of amides is 2. The molecular formula is C24H32N4O5. The highest BCUT2D eigenvalue weighted by Crippen LogP contribution is 2.45. The lowest BCUT2D eigenvalue weighted by atomic mass is 10.1. The molecule has 9 nitrogen and oxygen atoms in total. The predicted molar refractivity (Wildman–Crippen MR) is 124 cm³/mol. The van der Waals surface area contributed by atoms with Crippen molar-refractivity contribution < 1.29 is 24.6 Å². The summed E-state index contributed by atoms with van der Waals surface area (Å²) < 4.78 is 1.89. The number of carboxylic acid groups (broad SMARTS) is 1. The Morgan fingerprint density at radius 3 is 2.52 bits per heavy atom. The zero-order chi connectivity index (χ0) is 23.9. The number of aromatic hydroxyl groups is 1. The molecule has 1 fully saturated rings. The molecule has 0 aliphatic carbocycles. The van der Waals surface area contributed by atoms with E-state index < -0.39 is 12.0 Å². The van der Waals surface area contributed by atoms with E-state index in [2.05, 4.69) is 18.7 Å². The maximum absolute atomic E-state index is 13.2. The van der Waals surface area contributed by atoms with E-state index in [1.165, 1.54) is 11.8 Å². The van der Waals surface area contributed by atoms with Gasteiger partial charge < -0.3 is 24.9 Å². The first-order valence-corrected chi connectivity index (χ1v) is 11.6. The number of fused-ring (bicyclic) bond motifs is 3. The Balaban J connectivity index is 1.69. The maximum Gasteiger partial charge on any atom is 0.323 e. The molecule has 9 heteroatoms. The molecular weight excluding hydrogens is 424 g/mol. The molecule has 178 valence electrons. The number of anilines is 1. The Labute approximate surface area is 193 Å². The van der Waals surface area contributed by atoms with Gasteiger partial charge in [-0.25, -0.2) is 0 Å². The fourth-order valence-corrected chi connectivity index (χ4v) is 5.26. The van der Waals surface area contributed by atoms with Crippen LogP contribution in [-0.4, -0.2) is 80.6 Å². The summed E-state index contributed by atoms with van der Waals surface area (Å²) in [6.07, 6.45) is 1.95. The molecule has 0 unspecified atom stereocenters. The van der Waals surface area contributed by atoms with Crippen molar-refractivity contribution in [3.05, 3.63) is 24.3 Å². The van der Waals surface area contributed by atoms with E-state index in [-0.39, 0.29) is 42.9 Å². The number of rotatable bonds is 6. The zero-order valence-corrected chi connectivity index (χ0v) is 19.4. The minimum atomic E-state index is -1.06. The van der Waals surface area contributed by atoms with Crippen LogP contribution in [0, 0.1) is 0 Å². The molecule has 1 saturated heterocycles. The number of hydrogen-bond donors (Lipinski definition) is 2. The standard InChI is InChI=1S/C24H32N4O5/c1-15(2)26-12-17(28-22(26)18-8-4-5-9-19(18)23(28)32)13-27(16(3)29)20-10-6-7-11-25(24(20)33)14-21(30)31/h4-5,8-9,15,17,20,32H,6-7,10-14H2,1-3H3,(H,30,31)/t17-,20-/m0/s1. The number of benzene rings is 1. The van der Waals surface area contributed by atoms with Gasteiger partial charge in [0.25, 0.3) is 0 Å². The second-order valence-electron chi connectivity index (χ2n) is 9.30. The van der Waals surface area contributed by atoms with E-state index >= 15 is 0 Å². The lowest BCUT2D eigenvalue weighted by Crippen LogP contribution is -2.52. The highest BCUT2D eigenvalue weighted by Gasteiger charge is 2.40. The number of nitrogens with zero attached hydrogens (tertiary/aromatic N) is 4. The minimum absolute atomic E-state index is 0.164. The minimum Gasteiger partial charge on any atom is -0.494 e. The Morgan fingerprint density at radius 1 is 1.18 bits per heavy atom. The lowest BCUT2D eigenvalue weighted by molar-refractivity contribution is -0.149. The first-order valence-electron chi connectivity index (χ1n) is 11.6. The van der Waals surface area contributed by atoms with E-state index in [0.29, 0.717) is 25.9 Å². The number of carboxylic acids is 1. The SMILES string of the molecule is CC(=O)N(C[C@@H]1CN(C(C)C)c2c3ccccc3c(O)n21)[C@H]1CCCCN(CC(=O)O)C1=O. The fraction of sp³-hybridized carbons (Fsp3) is 0.542. The third-order valence-corrected chi connectivity index (χ3v) is 6.80. The molecule has 3 heterocycles. The van der Waals surface area contributed by atoms with Gasteiger partial charge in [-0.05, 0) is 39.2 Å². The largest absolute Gasteiger partial charge is 0.494 e. The number of aromatic nitrogens is 1. The molecule has 2 aliphatic heterocycles. The van der Waals surface area contributed by atoms with E-state index in [1.54, 1.807) is 4.90 Å². The van der Waals surface area contributed by atoms with Gasteiger partial charge >= 0.3 is 5.97 Å². The van der Waals surface area contributed by atoms with Crippen LogP contribution in [0.3, 0.4) is 0 Å². The van der Waals surface area contributed by atoms with Crippen molar-refractivity contribution in [3.8, 4) is 5.88 Å². The van der Waals surface area contributed by atoms with Crippen LogP contribution < -0.4 is 4.90 Å². The van der Waals surface area contributed by atoms with Crippen molar-refractivity contribution >= 4 is 34.4 Å². The van der Waals surface area contributed by atoms with Crippen LogP contribution in [0.1, 0.15) is 46.1 Å². The van der Waals surface area contributed by atoms with Gasteiger partial charge in [0, 0.05) is 43.4 Å². The van der Waals surface area contributed by atoms with Crippen LogP contribution in [0.25, 0.3) is 10.8 Å². The molecule has 4 rings (SSSR count). The first kappa shape index (κ1) is 22.9. The summed E-state index contributed by atoms with van der Waals surface area (Å²) in [4.78, 5) is 42.4. The molecule has 0 bridgehead atoms. The van der Waals surface area contributed by atoms with Crippen LogP contribution in [0.2, 0.25) is 0 Å². The smallest absolute Gasteiger partial charge is 0.323 e. The summed E-state index contributed by atoms with van der Waals surface area (Å²) in [7, 11) is 0. The third kappa shape index (κ3) is 4.12. The van der Waals surface area contributed by atoms with Crippen LogP contribution >= 0.6 is 0 Å².